The van der Waals surface area contributed by atoms with Crippen LogP contribution in [-0.2, 0) is 4.84 Å². The van der Waals surface area contributed by atoms with Gasteiger partial charge in [0.15, 0.2) is 0 Å². The molecule has 0 bridgehead atoms. The molecule has 3 N–H and O–H groups in total. The maximum atomic E-state index is 5.58. The Morgan fingerprint density at radius 2 is 2.06 bits per heavy atom. The summed E-state index contributed by atoms with van der Waals surface area (Å²) in [6.07, 6.45) is 0.886. The summed E-state index contributed by atoms with van der Waals surface area (Å²) in [6, 6.07) is 1.88. The number of oxime groups is 1. The molecule has 0 unspecified atom stereocenters. The Bertz CT molecular complexity index is 357. The molecular weight excluding hydrogens is 206 g/mol. The fourth-order valence-electron chi connectivity index (χ4n) is 1.13. The number of nitrogens with two attached hydrogens (primary N) is 1. The lowest BCUT2D eigenvalue weighted by Crippen LogP contribution is -2.24. The van der Waals surface area contributed by atoms with Crippen LogP contribution in [-0.4, -0.2) is 22.5 Å². The zero-order valence-corrected chi connectivity index (χ0v) is 9.82. The molecule has 0 aliphatic rings. The molecule has 1 aromatic heterocycles. The first-order valence-electron chi connectivity index (χ1n) is 5.16. The number of nitrogens with zero attached hydrogens (tertiary/aromatic N) is 3. The molecule has 0 saturated carbocycles. The van der Waals surface area contributed by atoms with Gasteiger partial charge in [0.25, 0.3) is 0 Å². The van der Waals surface area contributed by atoms with Gasteiger partial charge in [-0.15, -0.1) is 0 Å². The molecule has 0 aromatic carbocycles. The first-order valence-corrected chi connectivity index (χ1v) is 5.16. The highest BCUT2D eigenvalue weighted by Gasteiger charge is 2.00. The van der Waals surface area contributed by atoms with Crippen LogP contribution in [0, 0.1) is 13.8 Å². The van der Waals surface area contributed by atoms with Gasteiger partial charge >= 0.3 is 0 Å². The molecule has 6 heteroatoms. The first-order chi connectivity index (χ1) is 7.61. The van der Waals surface area contributed by atoms with Crippen molar-refractivity contribution < 1.29 is 4.84 Å². The van der Waals surface area contributed by atoms with Gasteiger partial charge in [0, 0.05) is 11.4 Å². The van der Waals surface area contributed by atoms with Crippen LogP contribution in [0.15, 0.2) is 11.2 Å². The number of anilines is 1. The van der Waals surface area contributed by atoms with Crippen LogP contribution in [0.4, 0.5) is 5.95 Å². The molecule has 0 amide bonds. The lowest BCUT2D eigenvalue weighted by molar-refractivity contribution is 0.144. The third-order valence-electron chi connectivity index (χ3n) is 1.68. The van der Waals surface area contributed by atoms with E-state index in [2.05, 4.69) is 20.4 Å². The fraction of sp³-hybridized carbons (Fsp3) is 0.500. The summed E-state index contributed by atoms with van der Waals surface area (Å²) < 4.78 is 0. The second-order valence-electron chi connectivity index (χ2n) is 3.41. The van der Waals surface area contributed by atoms with E-state index in [1.807, 2.05) is 26.8 Å². The Morgan fingerprint density at radius 3 is 2.62 bits per heavy atom. The van der Waals surface area contributed by atoms with Gasteiger partial charge < -0.3 is 10.6 Å². The summed E-state index contributed by atoms with van der Waals surface area (Å²) in [5, 5.41) is 6.43. The van der Waals surface area contributed by atoms with E-state index < -0.39 is 0 Å². The largest absolute Gasteiger partial charge is 0.393 e. The van der Waals surface area contributed by atoms with E-state index in [1.54, 1.807) is 0 Å². The van der Waals surface area contributed by atoms with Gasteiger partial charge in [-0.3, -0.25) is 5.32 Å². The highest BCUT2D eigenvalue weighted by molar-refractivity contribution is 5.90. The molecule has 0 saturated heterocycles. The van der Waals surface area contributed by atoms with Crippen molar-refractivity contribution in [3.63, 3.8) is 0 Å². The van der Waals surface area contributed by atoms with Crippen molar-refractivity contribution in [1.29, 1.82) is 0 Å². The molecule has 6 nitrogen and oxygen atoms in total. The topological polar surface area (TPSA) is 85.4 Å². The summed E-state index contributed by atoms with van der Waals surface area (Å²) in [5.74, 6) is 0.581. The monoisotopic (exact) mass is 223 g/mol. The van der Waals surface area contributed by atoms with Crippen LogP contribution in [0.5, 0.6) is 0 Å². The number of aryl methyl sites for hydroxylation is 2. The van der Waals surface area contributed by atoms with Gasteiger partial charge in [-0.25, -0.2) is 9.97 Å². The standard InChI is InChI=1S/C10H17N5O/c1-4-5-16-15-9(11)14-10-12-7(2)6-8(3)13-10/h6H,4-5H2,1-3H3,(H3,11,12,13,14,15). The lowest BCUT2D eigenvalue weighted by Gasteiger charge is -2.05. The van der Waals surface area contributed by atoms with Gasteiger partial charge in [0.1, 0.15) is 6.61 Å². The normalized spacial score (nSPS) is 11.3. The van der Waals surface area contributed by atoms with Crippen molar-refractivity contribution >= 4 is 11.9 Å². The molecule has 0 radical (unpaired) electrons. The minimum atomic E-state index is 0.151. The second-order valence-corrected chi connectivity index (χ2v) is 3.41. The van der Waals surface area contributed by atoms with Crippen molar-refractivity contribution in [3.8, 4) is 0 Å². The predicted octanol–water partition coefficient (Wildman–Crippen LogP) is 1.16. The summed E-state index contributed by atoms with van der Waals surface area (Å²) in [6.45, 7) is 6.31. The number of aromatic nitrogens is 2. The van der Waals surface area contributed by atoms with Gasteiger partial charge in [-0.05, 0) is 31.5 Å². The maximum Gasteiger partial charge on any atom is 0.237 e. The molecule has 0 aliphatic heterocycles. The smallest absolute Gasteiger partial charge is 0.237 e. The minimum absolute atomic E-state index is 0.151. The Balaban J connectivity index is 2.61. The van der Waals surface area contributed by atoms with Crippen molar-refractivity contribution in [2.24, 2.45) is 10.9 Å². The summed E-state index contributed by atoms with van der Waals surface area (Å²) in [4.78, 5) is 13.2. The van der Waals surface area contributed by atoms with Crippen molar-refractivity contribution in [2.45, 2.75) is 27.2 Å². The van der Waals surface area contributed by atoms with Crippen molar-refractivity contribution in [1.82, 2.24) is 9.97 Å². The van der Waals surface area contributed by atoms with E-state index in [-0.39, 0.29) is 5.96 Å². The van der Waals surface area contributed by atoms with E-state index >= 15 is 0 Å². The molecule has 1 heterocycles. The summed E-state index contributed by atoms with van der Waals surface area (Å²) in [5.41, 5.74) is 7.33. The minimum Gasteiger partial charge on any atom is -0.393 e. The summed E-state index contributed by atoms with van der Waals surface area (Å²) >= 11 is 0. The number of hydrogen-bond acceptors (Lipinski definition) is 4. The van der Waals surface area contributed by atoms with Gasteiger partial charge in [0.2, 0.25) is 11.9 Å². The van der Waals surface area contributed by atoms with Crippen molar-refractivity contribution in [3.05, 3.63) is 17.5 Å². The Kier molecular flexibility index (Phi) is 4.50. The number of nitrogens with one attached hydrogen (secondary N) is 1. The van der Waals surface area contributed by atoms with E-state index in [4.69, 9.17) is 10.6 Å². The van der Waals surface area contributed by atoms with Crippen molar-refractivity contribution in [2.75, 3.05) is 11.9 Å². The molecular formula is C10H17N5O. The molecule has 0 atom stereocenters. The highest BCUT2D eigenvalue weighted by Crippen LogP contribution is 2.02. The van der Waals surface area contributed by atoms with Crippen LogP contribution in [0.1, 0.15) is 24.7 Å². The van der Waals surface area contributed by atoms with E-state index in [0.717, 1.165) is 17.8 Å². The molecule has 88 valence electrons. The van der Waals surface area contributed by atoms with Gasteiger partial charge in [0.05, 0.1) is 0 Å². The molecule has 1 rings (SSSR count). The van der Waals surface area contributed by atoms with Crippen LogP contribution in [0.25, 0.3) is 0 Å². The molecule has 16 heavy (non-hydrogen) atoms. The van der Waals surface area contributed by atoms with Crippen LogP contribution in [0.2, 0.25) is 0 Å². The second kappa shape index (κ2) is 5.89. The summed E-state index contributed by atoms with van der Waals surface area (Å²) in [7, 11) is 0. The number of guanidine groups is 1. The zero-order chi connectivity index (χ0) is 12.0. The predicted molar refractivity (Wildman–Crippen MR) is 63.0 cm³/mol. The third-order valence-corrected chi connectivity index (χ3v) is 1.68. The van der Waals surface area contributed by atoms with E-state index in [1.165, 1.54) is 0 Å². The van der Waals surface area contributed by atoms with Crippen LogP contribution in [0.3, 0.4) is 0 Å². The Morgan fingerprint density at radius 1 is 1.44 bits per heavy atom. The lowest BCUT2D eigenvalue weighted by atomic mass is 10.4. The molecule has 0 fully saturated rings. The van der Waals surface area contributed by atoms with Crippen LogP contribution < -0.4 is 11.1 Å². The number of rotatable bonds is 4. The number of hydrogen-bond donors (Lipinski definition) is 2. The van der Waals surface area contributed by atoms with E-state index in [0.29, 0.717) is 12.6 Å². The molecule has 0 spiro atoms. The maximum absolute atomic E-state index is 5.58. The molecule has 1 aromatic rings. The Hall–Kier alpha value is -1.85. The highest BCUT2D eigenvalue weighted by atomic mass is 16.6. The zero-order valence-electron chi connectivity index (χ0n) is 9.82. The van der Waals surface area contributed by atoms with Crippen LogP contribution >= 0.6 is 0 Å². The molecule has 0 aliphatic carbocycles. The SMILES string of the molecule is CCCO/N=C(\N)Nc1nc(C)cc(C)n1. The third kappa shape index (κ3) is 4.12. The van der Waals surface area contributed by atoms with Gasteiger partial charge in [-0.1, -0.05) is 6.92 Å². The first kappa shape index (κ1) is 12.2. The van der Waals surface area contributed by atoms with Gasteiger partial charge in [-0.2, -0.15) is 0 Å². The average Bonchev–Trinajstić information content (AvgIpc) is 2.16. The van der Waals surface area contributed by atoms with E-state index in [9.17, 15) is 0 Å². The fourth-order valence-corrected chi connectivity index (χ4v) is 1.13. The average molecular weight is 223 g/mol. The quantitative estimate of drug-likeness (QED) is 0.346. The Labute approximate surface area is 94.9 Å².